The van der Waals surface area contributed by atoms with Gasteiger partial charge in [-0.1, -0.05) is 5.21 Å². The molecule has 0 spiro atoms. The molecule has 1 saturated carbocycles. The minimum atomic E-state index is -0.149. The van der Waals surface area contributed by atoms with E-state index in [1.54, 1.807) is 7.11 Å². The van der Waals surface area contributed by atoms with Gasteiger partial charge in [0.1, 0.15) is 11.7 Å². The molecule has 1 unspecified atom stereocenters. The number of fused-ring (bicyclic) bond motifs is 1. The fraction of sp³-hybridized carbons (Fsp3) is 0.562. The Morgan fingerprint density at radius 3 is 3.04 bits per heavy atom. The van der Waals surface area contributed by atoms with Crippen LogP contribution in [0.1, 0.15) is 40.6 Å². The summed E-state index contributed by atoms with van der Waals surface area (Å²) in [5.74, 6) is 0.808. The Hall–Kier alpha value is -1.73. The first-order valence-corrected chi connectivity index (χ1v) is 8.96. The van der Waals surface area contributed by atoms with Gasteiger partial charge in [0.2, 0.25) is 0 Å². The summed E-state index contributed by atoms with van der Waals surface area (Å²) in [5.41, 5.74) is 2.82. The van der Waals surface area contributed by atoms with Gasteiger partial charge in [-0.05, 0) is 30.2 Å². The lowest BCUT2D eigenvalue weighted by Crippen LogP contribution is -2.42. The van der Waals surface area contributed by atoms with Crippen molar-refractivity contribution < 1.29 is 9.53 Å². The summed E-state index contributed by atoms with van der Waals surface area (Å²) < 4.78 is 7.41. The first kappa shape index (κ1) is 14.8. The lowest BCUT2D eigenvalue weighted by Gasteiger charge is -2.34. The number of rotatable bonds is 5. The highest BCUT2D eigenvalue weighted by molar-refractivity contribution is 7.08. The average Bonchev–Trinajstić information content (AvgIpc) is 3.05. The number of nitrogens with zero attached hydrogens (tertiary/aromatic N) is 4. The van der Waals surface area contributed by atoms with Crippen LogP contribution < -0.4 is 0 Å². The van der Waals surface area contributed by atoms with E-state index in [0.29, 0.717) is 13.2 Å². The summed E-state index contributed by atoms with van der Waals surface area (Å²) in [6, 6.07) is 1.72. The maximum Gasteiger partial charge on any atom is 0.255 e. The van der Waals surface area contributed by atoms with Crippen molar-refractivity contribution in [1.82, 2.24) is 19.9 Å². The number of aromatic nitrogens is 3. The number of hydrogen-bond acceptors (Lipinski definition) is 5. The third-order valence-electron chi connectivity index (χ3n) is 4.63. The lowest BCUT2D eigenvalue weighted by molar-refractivity contribution is 0.0490. The van der Waals surface area contributed by atoms with Crippen LogP contribution in [0.3, 0.4) is 0 Å². The zero-order chi connectivity index (χ0) is 15.8. The van der Waals surface area contributed by atoms with Crippen molar-refractivity contribution in [2.75, 3.05) is 20.3 Å². The third-order valence-corrected chi connectivity index (χ3v) is 5.31. The molecule has 0 N–H and O–H groups in total. The van der Waals surface area contributed by atoms with Crippen LogP contribution in [-0.2, 0) is 17.7 Å². The van der Waals surface area contributed by atoms with E-state index in [4.69, 9.17) is 4.74 Å². The Labute approximate surface area is 139 Å². The summed E-state index contributed by atoms with van der Waals surface area (Å²) in [6.45, 7) is 2.10. The highest BCUT2D eigenvalue weighted by Gasteiger charge is 2.36. The molecule has 0 saturated heterocycles. The van der Waals surface area contributed by atoms with Crippen molar-refractivity contribution in [3.63, 3.8) is 0 Å². The van der Waals surface area contributed by atoms with E-state index < -0.39 is 0 Å². The van der Waals surface area contributed by atoms with E-state index in [0.717, 1.165) is 30.1 Å². The second kappa shape index (κ2) is 6.05. The quantitative estimate of drug-likeness (QED) is 0.842. The summed E-state index contributed by atoms with van der Waals surface area (Å²) in [6.07, 6.45) is 3.39. The first-order valence-electron chi connectivity index (χ1n) is 8.02. The monoisotopic (exact) mass is 332 g/mol. The maximum atomic E-state index is 12.8. The van der Waals surface area contributed by atoms with Crippen molar-refractivity contribution in [3.05, 3.63) is 33.8 Å². The van der Waals surface area contributed by atoms with E-state index in [1.807, 2.05) is 26.4 Å². The Bertz CT molecular complexity index is 693. The van der Waals surface area contributed by atoms with Gasteiger partial charge in [0.15, 0.2) is 0 Å². The number of methoxy groups -OCH3 is 1. The molecule has 7 heteroatoms. The Balaban J connectivity index is 1.62. The molecule has 2 aliphatic rings. The van der Waals surface area contributed by atoms with Crippen LogP contribution >= 0.6 is 11.3 Å². The van der Waals surface area contributed by atoms with Crippen LogP contribution in [0, 0.1) is 5.92 Å². The molecule has 0 aromatic carbocycles. The average molecular weight is 332 g/mol. The molecule has 0 radical (unpaired) electrons. The van der Waals surface area contributed by atoms with Gasteiger partial charge in [0, 0.05) is 32.0 Å². The minimum absolute atomic E-state index is 0.0516. The van der Waals surface area contributed by atoms with Gasteiger partial charge >= 0.3 is 0 Å². The van der Waals surface area contributed by atoms with Crippen molar-refractivity contribution >= 4 is 17.2 Å². The van der Waals surface area contributed by atoms with E-state index in [9.17, 15) is 4.79 Å². The zero-order valence-corrected chi connectivity index (χ0v) is 14.0. The van der Waals surface area contributed by atoms with Crippen molar-refractivity contribution in [1.29, 1.82) is 0 Å². The number of amides is 1. The molecular weight excluding hydrogens is 312 g/mol. The van der Waals surface area contributed by atoms with Crippen LogP contribution in [0.5, 0.6) is 0 Å². The molecule has 1 aliphatic heterocycles. The van der Waals surface area contributed by atoms with Gasteiger partial charge in [-0.15, -0.1) is 5.10 Å². The highest BCUT2D eigenvalue weighted by Crippen LogP contribution is 2.34. The Morgan fingerprint density at radius 1 is 1.48 bits per heavy atom. The summed E-state index contributed by atoms with van der Waals surface area (Å²) in [5, 5.41) is 12.6. The van der Waals surface area contributed by atoms with E-state index in [2.05, 4.69) is 10.3 Å². The van der Waals surface area contributed by atoms with Gasteiger partial charge in [-0.3, -0.25) is 4.79 Å². The van der Waals surface area contributed by atoms with E-state index >= 15 is 0 Å². The van der Waals surface area contributed by atoms with Gasteiger partial charge in [0.05, 0.1) is 17.9 Å². The zero-order valence-electron chi connectivity index (χ0n) is 13.1. The van der Waals surface area contributed by atoms with Crippen LogP contribution in [0.4, 0.5) is 0 Å². The first-order chi connectivity index (χ1) is 11.3. The molecular formula is C16H20N4O2S. The molecule has 4 rings (SSSR count). The minimum Gasteiger partial charge on any atom is -0.382 e. The van der Waals surface area contributed by atoms with Gasteiger partial charge in [-0.2, -0.15) is 11.3 Å². The molecule has 2 aromatic heterocycles. The molecule has 1 amide bonds. The van der Waals surface area contributed by atoms with Crippen LogP contribution in [0.2, 0.25) is 0 Å². The normalized spacial score (nSPS) is 20.6. The van der Waals surface area contributed by atoms with Gasteiger partial charge < -0.3 is 9.64 Å². The van der Waals surface area contributed by atoms with Crippen molar-refractivity contribution in [3.8, 4) is 0 Å². The summed E-state index contributed by atoms with van der Waals surface area (Å²) in [7, 11) is 1.66. The Morgan fingerprint density at radius 2 is 2.35 bits per heavy atom. The predicted molar refractivity (Wildman–Crippen MR) is 86.4 cm³/mol. The Kier molecular flexibility index (Phi) is 3.90. The second-order valence-corrected chi connectivity index (χ2v) is 7.06. The number of carbonyl (C=O) groups is 1. The molecule has 1 fully saturated rings. The van der Waals surface area contributed by atoms with Crippen LogP contribution in [0.15, 0.2) is 16.8 Å². The molecule has 6 nitrogen and oxygen atoms in total. The molecule has 1 atom stereocenters. The lowest BCUT2D eigenvalue weighted by atomic mass is 10.0. The fourth-order valence-electron chi connectivity index (χ4n) is 3.21. The van der Waals surface area contributed by atoms with Gasteiger partial charge in [0.25, 0.3) is 5.91 Å². The number of carbonyl (C=O) groups excluding carboxylic acids is 1. The maximum absolute atomic E-state index is 12.8. The SMILES string of the molecule is COCC1c2nnn(CC3CC3)c2CCN1C(=O)c1ccsc1. The van der Waals surface area contributed by atoms with E-state index in [1.165, 1.54) is 29.9 Å². The van der Waals surface area contributed by atoms with Crippen molar-refractivity contribution in [2.45, 2.75) is 31.8 Å². The smallest absolute Gasteiger partial charge is 0.255 e. The number of thiophene rings is 1. The van der Waals surface area contributed by atoms with Crippen LogP contribution in [0.25, 0.3) is 0 Å². The van der Waals surface area contributed by atoms with Gasteiger partial charge in [-0.25, -0.2) is 4.68 Å². The number of hydrogen-bond donors (Lipinski definition) is 0. The molecule has 3 heterocycles. The molecule has 23 heavy (non-hydrogen) atoms. The number of ether oxygens (including phenoxy) is 1. The summed E-state index contributed by atoms with van der Waals surface area (Å²) >= 11 is 1.54. The standard InChI is InChI=1S/C16H20N4O2S/c1-22-9-14-15-13(20(18-17-15)8-11-2-3-11)4-6-19(14)16(21)12-5-7-23-10-12/h5,7,10-11,14H,2-4,6,8-9H2,1H3. The second-order valence-electron chi connectivity index (χ2n) is 6.28. The topological polar surface area (TPSA) is 60.3 Å². The summed E-state index contributed by atoms with van der Waals surface area (Å²) in [4.78, 5) is 14.7. The molecule has 122 valence electrons. The molecule has 2 aromatic rings. The fourth-order valence-corrected chi connectivity index (χ4v) is 3.84. The van der Waals surface area contributed by atoms with Crippen molar-refractivity contribution in [2.24, 2.45) is 5.92 Å². The molecule has 1 aliphatic carbocycles. The third kappa shape index (κ3) is 2.79. The largest absolute Gasteiger partial charge is 0.382 e. The van der Waals surface area contributed by atoms with E-state index in [-0.39, 0.29) is 11.9 Å². The predicted octanol–water partition coefficient (Wildman–Crippen LogP) is 2.14. The van der Waals surface area contributed by atoms with Crippen LogP contribution in [-0.4, -0.2) is 46.1 Å². The highest BCUT2D eigenvalue weighted by atomic mass is 32.1. The molecule has 0 bridgehead atoms.